The van der Waals surface area contributed by atoms with E-state index in [4.69, 9.17) is 10.6 Å². The van der Waals surface area contributed by atoms with Gasteiger partial charge in [0.15, 0.2) is 0 Å². The molecule has 0 spiro atoms. The van der Waals surface area contributed by atoms with Crippen molar-refractivity contribution in [1.29, 1.82) is 0 Å². The van der Waals surface area contributed by atoms with Gasteiger partial charge < -0.3 is 9.64 Å². The fraction of sp³-hybridized carbons (Fsp3) is 0.562. The maximum Gasteiger partial charge on any atom is 0.256 e. The highest BCUT2D eigenvalue weighted by molar-refractivity contribution is 5.85. The van der Waals surface area contributed by atoms with Crippen LogP contribution in [-0.2, 0) is 4.79 Å². The summed E-state index contributed by atoms with van der Waals surface area (Å²) in [5.74, 6) is 6.36. The summed E-state index contributed by atoms with van der Waals surface area (Å²) in [7, 11) is 1.65. The highest BCUT2D eigenvalue weighted by atomic mass is 16.5. The minimum absolute atomic E-state index is 0.134. The maximum atomic E-state index is 12.0. The number of nitrogens with zero attached hydrogens (tertiary/aromatic N) is 1. The van der Waals surface area contributed by atoms with Crippen LogP contribution in [0.15, 0.2) is 18.2 Å². The number of anilines is 1. The molecule has 3 N–H and O–H groups in total. The van der Waals surface area contributed by atoms with Crippen molar-refractivity contribution in [2.45, 2.75) is 51.6 Å². The number of fused-ring (bicyclic) bond motifs is 1. The Morgan fingerprint density at radius 3 is 2.76 bits per heavy atom. The van der Waals surface area contributed by atoms with Crippen LogP contribution in [0.1, 0.15) is 45.6 Å². The van der Waals surface area contributed by atoms with Crippen LogP contribution in [-0.4, -0.2) is 24.6 Å². The summed E-state index contributed by atoms with van der Waals surface area (Å²) >= 11 is 0. The van der Waals surface area contributed by atoms with Crippen molar-refractivity contribution in [2.24, 2.45) is 5.84 Å². The van der Waals surface area contributed by atoms with Gasteiger partial charge >= 0.3 is 0 Å². The van der Waals surface area contributed by atoms with Crippen LogP contribution in [0.25, 0.3) is 0 Å². The minimum Gasteiger partial charge on any atom is -0.497 e. The topological polar surface area (TPSA) is 67.6 Å². The van der Waals surface area contributed by atoms with E-state index in [1.54, 1.807) is 7.11 Å². The van der Waals surface area contributed by atoms with Crippen molar-refractivity contribution < 1.29 is 9.53 Å². The second kappa shape index (κ2) is 5.56. The predicted molar refractivity (Wildman–Crippen MR) is 84.4 cm³/mol. The normalized spacial score (nSPS) is 21.4. The van der Waals surface area contributed by atoms with Crippen LogP contribution >= 0.6 is 0 Å². The molecule has 0 aromatic heterocycles. The van der Waals surface area contributed by atoms with E-state index in [9.17, 15) is 4.79 Å². The smallest absolute Gasteiger partial charge is 0.256 e. The molecule has 1 aromatic rings. The van der Waals surface area contributed by atoms with Crippen LogP contribution in [0.5, 0.6) is 5.75 Å². The molecule has 1 aromatic carbocycles. The van der Waals surface area contributed by atoms with Crippen molar-refractivity contribution in [1.82, 2.24) is 5.43 Å². The number of amides is 1. The zero-order chi connectivity index (χ0) is 15.8. The minimum atomic E-state index is -0.344. The number of hydrogen-bond donors (Lipinski definition) is 2. The van der Waals surface area contributed by atoms with E-state index in [1.165, 1.54) is 5.56 Å². The summed E-state index contributed by atoms with van der Waals surface area (Å²) in [5, 5.41) is 0. The molecule has 5 nitrogen and oxygen atoms in total. The first-order valence-electron chi connectivity index (χ1n) is 7.29. The molecule has 1 heterocycles. The quantitative estimate of drug-likeness (QED) is 0.509. The van der Waals surface area contributed by atoms with Crippen LogP contribution in [0, 0.1) is 0 Å². The Bertz CT molecular complexity index is 542. The van der Waals surface area contributed by atoms with Crippen molar-refractivity contribution in [3.05, 3.63) is 23.8 Å². The molecule has 2 atom stereocenters. The lowest BCUT2D eigenvalue weighted by Gasteiger charge is -2.49. The molecule has 0 radical (unpaired) electrons. The van der Waals surface area contributed by atoms with Gasteiger partial charge in [-0.1, -0.05) is 13.0 Å². The summed E-state index contributed by atoms with van der Waals surface area (Å²) in [6, 6.07) is 5.73. The molecule has 0 fully saturated rings. The maximum absolute atomic E-state index is 12.0. The molecule has 116 valence electrons. The fourth-order valence-corrected chi connectivity index (χ4v) is 3.53. The number of benzene rings is 1. The van der Waals surface area contributed by atoms with Gasteiger partial charge in [0.05, 0.1) is 7.11 Å². The summed E-state index contributed by atoms with van der Waals surface area (Å²) < 4.78 is 5.35. The van der Waals surface area contributed by atoms with E-state index in [1.807, 2.05) is 19.1 Å². The first kappa shape index (κ1) is 15.6. The Morgan fingerprint density at radius 1 is 1.52 bits per heavy atom. The van der Waals surface area contributed by atoms with Crippen LogP contribution < -0.4 is 20.9 Å². The van der Waals surface area contributed by atoms with E-state index >= 15 is 0 Å². The van der Waals surface area contributed by atoms with Gasteiger partial charge in [0, 0.05) is 17.3 Å². The highest BCUT2D eigenvalue weighted by Gasteiger charge is 2.40. The molecule has 0 saturated heterocycles. The molecule has 21 heavy (non-hydrogen) atoms. The van der Waals surface area contributed by atoms with Crippen molar-refractivity contribution >= 4 is 11.6 Å². The van der Waals surface area contributed by atoms with Gasteiger partial charge in [-0.25, -0.2) is 5.84 Å². The lowest BCUT2D eigenvalue weighted by atomic mass is 9.79. The molecule has 0 saturated carbocycles. The van der Waals surface area contributed by atoms with E-state index in [0.717, 1.165) is 17.9 Å². The molecule has 0 bridgehead atoms. The van der Waals surface area contributed by atoms with Crippen molar-refractivity contribution in [3.8, 4) is 5.75 Å². The second-order valence-electron chi connectivity index (χ2n) is 6.40. The van der Waals surface area contributed by atoms with Gasteiger partial charge in [0.2, 0.25) is 0 Å². The Kier molecular flexibility index (Phi) is 4.14. The predicted octanol–water partition coefficient (Wildman–Crippen LogP) is 2.17. The Labute approximate surface area is 126 Å². The SMILES string of the molecule is COc1ccc2c(c1)N([C@H](C)C(=O)NN)C(C)(C)C[C@@H]2C. The van der Waals surface area contributed by atoms with E-state index in [-0.39, 0.29) is 17.5 Å². The third-order valence-corrected chi connectivity index (χ3v) is 4.39. The van der Waals surface area contributed by atoms with Crippen LogP contribution in [0.4, 0.5) is 5.69 Å². The third-order valence-electron chi connectivity index (χ3n) is 4.39. The molecule has 0 aliphatic carbocycles. The van der Waals surface area contributed by atoms with Gasteiger partial charge in [-0.05, 0) is 44.7 Å². The van der Waals surface area contributed by atoms with E-state index in [0.29, 0.717) is 5.92 Å². The average Bonchev–Trinajstić information content (AvgIpc) is 2.44. The monoisotopic (exact) mass is 291 g/mol. The Hall–Kier alpha value is -1.75. The highest BCUT2D eigenvalue weighted by Crippen LogP contribution is 2.45. The van der Waals surface area contributed by atoms with Gasteiger partial charge in [-0.3, -0.25) is 10.2 Å². The summed E-state index contributed by atoms with van der Waals surface area (Å²) in [6.45, 7) is 8.42. The number of rotatable bonds is 3. The van der Waals surface area contributed by atoms with Gasteiger partial charge in [-0.15, -0.1) is 0 Å². The number of hydrogen-bond acceptors (Lipinski definition) is 4. The molecule has 1 amide bonds. The molecular weight excluding hydrogens is 266 g/mol. The number of nitrogens with two attached hydrogens (primary N) is 1. The Balaban J connectivity index is 2.56. The first-order valence-corrected chi connectivity index (χ1v) is 7.29. The van der Waals surface area contributed by atoms with E-state index < -0.39 is 0 Å². The van der Waals surface area contributed by atoms with Crippen LogP contribution in [0.3, 0.4) is 0 Å². The zero-order valence-corrected chi connectivity index (χ0v) is 13.4. The standard InChI is InChI=1S/C16H25N3O2/c1-10-9-16(3,4)19(11(2)15(20)18-17)14-8-12(21-5)6-7-13(10)14/h6-8,10-11H,9,17H2,1-5H3,(H,18,20)/t10-,11+/m0/s1. The largest absolute Gasteiger partial charge is 0.497 e. The van der Waals surface area contributed by atoms with Gasteiger partial charge in [-0.2, -0.15) is 0 Å². The van der Waals surface area contributed by atoms with Gasteiger partial charge in [0.25, 0.3) is 5.91 Å². The molecule has 1 aliphatic heterocycles. The molecule has 0 unspecified atom stereocenters. The number of hydrazine groups is 1. The fourth-order valence-electron chi connectivity index (χ4n) is 3.53. The number of carbonyl (C=O) groups is 1. The summed E-state index contributed by atoms with van der Waals surface area (Å²) in [4.78, 5) is 14.2. The van der Waals surface area contributed by atoms with Crippen molar-refractivity contribution in [2.75, 3.05) is 12.0 Å². The Morgan fingerprint density at radius 2 is 2.19 bits per heavy atom. The summed E-state index contributed by atoms with van der Waals surface area (Å²) in [5.41, 5.74) is 4.42. The van der Waals surface area contributed by atoms with Crippen LogP contribution in [0.2, 0.25) is 0 Å². The lowest BCUT2D eigenvalue weighted by Crippen LogP contribution is -2.58. The number of methoxy groups -OCH3 is 1. The van der Waals surface area contributed by atoms with E-state index in [2.05, 4.69) is 37.2 Å². The number of ether oxygens (including phenoxy) is 1. The molecule has 5 heteroatoms. The van der Waals surface area contributed by atoms with Gasteiger partial charge in [0.1, 0.15) is 11.8 Å². The molecular formula is C16H25N3O2. The molecule has 1 aliphatic rings. The second-order valence-corrected chi connectivity index (χ2v) is 6.40. The van der Waals surface area contributed by atoms with Crippen molar-refractivity contribution in [3.63, 3.8) is 0 Å². The average molecular weight is 291 g/mol. The third kappa shape index (κ3) is 2.70. The zero-order valence-electron chi connectivity index (χ0n) is 13.4. The first-order chi connectivity index (χ1) is 9.81. The number of carbonyl (C=O) groups excluding carboxylic acids is 1. The lowest BCUT2D eigenvalue weighted by molar-refractivity contribution is -0.122. The molecule has 2 rings (SSSR count). The number of nitrogens with one attached hydrogen (secondary N) is 1. The summed E-state index contributed by atoms with van der Waals surface area (Å²) in [6.07, 6.45) is 0.981.